The lowest BCUT2D eigenvalue weighted by Gasteiger charge is -2.14. The zero-order valence-electron chi connectivity index (χ0n) is 9.83. The van der Waals surface area contributed by atoms with Gasteiger partial charge in [0.15, 0.2) is 5.78 Å². The molecule has 0 saturated heterocycles. The van der Waals surface area contributed by atoms with E-state index in [0.717, 1.165) is 16.7 Å². The van der Waals surface area contributed by atoms with Crippen molar-refractivity contribution in [2.24, 2.45) is 0 Å². The lowest BCUT2D eigenvalue weighted by Crippen LogP contribution is -2.23. The zero-order valence-corrected chi connectivity index (χ0v) is 9.83. The first-order valence-electron chi connectivity index (χ1n) is 5.25. The van der Waals surface area contributed by atoms with Crippen LogP contribution in [0.3, 0.4) is 0 Å². The Kier molecular flexibility index (Phi) is 4.04. The number of Topliss-reactive ketones (excluding diaryl/α,β-unsaturated/α-hetero) is 1. The van der Waals surface area contributed by atoms with Crippen molar-refractivity contribution in [1.82, 2.24) is 0 Å². The van der Waals surface area contributed by atoms with Crippen molar-refractivity contribution in [3.63, 3.8) is 0 Å². The second-order valence-electron chi connectivity index (χ2n) is 3.74. The molecule has 0 aliphatic heterocycles. The maximum Gasteiger partial charge on any atom is 0.191 e. The molecule has 0 radical (unpaired) electrons. The second kappa shape index (κ2) is 5.08. The molecule has 1 rings (SSSR count). The van der Waals surface area contributed by atoms with Crippen LogP contribution in [0.4, 0.5) is 0 Å². The first kappa shape index (κ1) is 11.9. The van der Waals surface area contributed by atoms with Gasteiger partial charge in [-0.2, -0.15) is 0 Å². The molecule has 0 saturated carbocycles. The van der Waals surface area contributed by atoms with E-state index in [-0.39, 0.29) is 11.9 Å². The number of ketones is 1. The summed E-state index contributed by atoms with van der Waals surface area (Å²) in [6, 6.07) is 5.80. The van der Waals surface area contributed by atoms with Gasteiger partial charge in [-0.05, 0) is 31.4 Å². The Bertz CT molecular complexity index is 352. The van der Waals surface area contributed by atoms with Crippen LogP contribution in [0.5, 0.6) is 0 Å². The maximum atomic E-state index is 12.1. The Morgan fingerprint density at radius 2 is 2.07 bits per heavy atom. The van der Waals surface area contributed by atoms with E-state index in [1.165, 1.54) is 0 Å². The van der Waals surface area contributed by atoms with Crippen LogP contribution in [0.1, 0.15) is 34.8 Å². The number of benzene rings is 1. The van der Waals surface area contributed by atoms with Crippen molar-refractivity contribution in [2.45, 2.75) is 33.3 Å². The molecule has 0 aliphatic carbocycles. The van der Waals surface area contributed by atoms with Crippen LogP contribution in [0.15, 0.2) is 18.2 Å². The molecule has 2 nitrogen and oxygen atoms in total. The number of hydrogen-bond acceptors (Lipinski definition) is 2. The highest BCUT2D eigenvalue weighted by molar-refractivity contribution is 6.00. The minimum absolute atomic E-state index is 0.0844. The molecule has 0 amide bonds. The van der Waals surface area contributed by atoms with E-state index in [9.17, 15) is 4.79 Å². The third kappa shape index (κ3) is 2.45. The average Bonchev–Trinajstić information content (AvgIpc) is 2.23. The second-order valence-corrected chi connectivity index (χ2v) is 3.74. The molecule has 0 heterocycles. The Morgan fingerprint density at radius 1 is 1.40 bits per heavy atom. The minimum atomic E-state index is -0.314. The molecule has 0 spiro atoms. The van der Waals surface area contributed by atoms with Crippen molar-refractivity contribution in [3.05, 3.63) is 34.9 Å². The van der Waals surface area contributed by atoms with Crippen molar-refractivity contribution >= 4 is 5.78 Å². The van der Waals surface area contributed by atoms with Crippen molar-refractivity contribution < 1.29 is 9.53 Å². The summed E-state index contributed by atoms with van der Waals surface area (Å²) in [5, 5.41) is 0. The fourth-order valence-electron chi connectivity index (χ4n) is 1.65. The standard InChI is InChI=1S/C13H18O2/c1-5-12(15-4)13(14)11-8-6-7-9(2)10(11)3/h6-8,12H,5H2,1-4H3. The number of aryl methyl sites for hydroxylation is 1. The summed E-state index contributed by atoms with van der Waals surface area (Å²) >= 11 is 0. The van der Waals surface area contributed by atoms with Gasteiger partial charge in [-0.3, -0.25) is 4.79 Å². The number of carbonyl (C=O) groups is 1. The van der Waals surface area contributed by atoms with Gasteiger partial charge in [0.2, 0.25) is 0 Å². The average molecular weight is 206 g/mol. The summed E-state index contributed by atoms with van der Waals surface area (Å²) < 4.78 is 5.16. The van der Waals surface area contributed by atoms with Crippen LogP contribution < -0.4 is 0 Å². The van der Waals surface area contributed by atoms with Crippen LogP contribution in [0, 0.1) is 13.8 Å². The molecule has 0 fully saturated rings. The van der Waals surface area contributed by atoms with Crippen LogP contribution in [-0.2, 0) is 4.74 Å². The van der Waals surface area contributed by atoms with Gasteiger partial charge in [-0.25, -0.2) is 0 Å². The van der Waals surface area contributed by atoms with Gasteiger partial charge in [0.1, 0.15) is 6.10 Å². The number of methoxy groups -OCH3 is 1. The largest absolute Gasteiger partial charge is 0.373 e. The smallest absolute Gasteiger partial charge is 0.191 e. The summed E-state index contributed by atoms with van der Waals surface area (Å²) in [4.78, 5) is 12.1. The van der Waals surface area contributed by atoms with Gasteiger partial charge in [-0.1, -0.05) is 25.1 Å². The van der Waals surface area contributed by atoms with Crippen LogP contribution in [-0.4, -0.2) is 19.0 Å². The number of ether oxygens (including phenoxy) is 1. The minimum Gasteiger partial charge on any atom is -0.373 e. The van der Waals surface area contributed by atoms with E-state index in [2.05, 4.69) is 0 Å². The topological polar surface area (TPSA) is 26.3 Å². The lowest BCUT2D eigenvalue weighted by atomic mass is 9.96. The molecule has 82 valence electrons. The Morgan fingerprint density at radius 3 is 2.60 bits per heavy atom. The first-order chi connectivity index (χ1) is 7.11. The summed E-state index contributed by atoms with van der Waals surface area (Å²) in [7, 11) is 1.58. The molecule has 0 aliphatic rings. The van der Waals surface area contributed by atoms with E-state index in [1.807, 2.05) is 39.0 Å². The Hall–Kier alpha value is -1.15. The number of rotatable bonds is 4. The fraction of sp³-hybridized carbons (Fsp3) is 0.462. The van der Waals surface area contributed by atoms with Crippen LogP contribution >= 0.6 is 0 Å². The van der Waals surface area contributed by atoms with Crippen LogP contribution in [0.2, 0.25) is 0 Å². The van der Waals surface area contributed by atoms with Gasteiger partial charge >= 0.3 is 0 Å². The van der Waals surface area contributed by atoms with Crippen molar-refractivity contribution in [1.29, 1.82) is 0 Å². The predicted molar refractivity (Wildman–Crippen MR) is 61.3 cm³/mol. The Labute approximate surface area is 91.3 Å². The lowest BCUT2D eigenvalue weighted by molar-refractivity contribution is 0.0595. The van der Waals surface area contributed by atoms with E-state index in [0.29, 0.717) is 6.42 Å². The molecular formula is C13H18O2. The molecular weight excluding hydrogens is 188 g/mol. The fourth-order valence-corrected chi connectivity index (χ4v) is 1.65. The highest BCUT2D eigenvalue weighted by Crippen LogP contribution is 2.16. The van der Waals surface area contributed by atoms with Gasteiger partial charge in [0.05, 0.1) is 0 Å². The number of hydrogen-bond donors (Lipinski definition) is 0. The molecule has 1 aromatic rings. The van der Waals surface area contributed by atoms with Crippen molar-refractivity contribution in [2.75, 3.05) is 7.11 Å². The van der Waals surface area contributed by atoms with E-state index >= 15 is 0 Å². The molecule has 15 heavy (non-hydrogen) atoms. The third-order valence-corrected chi connectivity index (χ3v) is 2.82. The normalized spacial score (nSPS) is 12.5. The Balaban J connectivity index is 3.05. The van der Waals surface area contributed by atoms with E-state index in [4.69, 9.17) is 4.74 Å². The predicted octanol–water partition coefficient (Wildman–Crippen LogP) is 2.91. The van der Waals surface area contributed by atoms with Crippen LogP contribution in [0.25, 0.3) is 0 Å². The quantitative estimate of drug-likeness (QED) is 0.708. The van der Waals surface area contributed by atoms with E-state index in [1.54, 1.807) is 7.11 Å². The van der Waals surface area contributed by atoms with E-state index < -0.39 is 0 Å². The zero-order chi connectivity index (χ0) is 11.4. The van der Waals surface area contributed by atoms with Gasteiger partial charge < -0.3 is 4.74 Å². The number of carbonyl (C=O) groups excluding carboxylic acids is 1. The van der Waals surface area contributed by atoms with Gasteiger partial charge in [0.25, 0.3) is 0 Å². The van der Waals surface area contributed by atoms with Gasteiger partial charge in [0, 0.05) is 12.7 Å². The highest BCUT2D eigenvalue weighted by atomic mass is 16.5. The van der Waals surface area contributed by atoms with Gasteiger partial charge in [-0.15, -0.1) is 0 Å². The molecule has 0 bridgehead atoms. The molecule has 0 N–H and O–H groups in total. The summed E-state index contributed by atoms with van der Waals surface area (Å²) in [6.45, 7) is 5.95. The monoisotopic (exact) mass is 206 g/mol. The maximum absolute atomic E-state index is 12.1. The molecule has 1 atom stereocenters. The van der Waals surface area contributed by atoms with Crippen molar-refractivity contribution in [3.8, 4) is 0 Å². The molecule has 0 aromatic heterocycles. The summed E-state index contributed by atoms with van der Waals surface area (Å²) in [5.74, 6) is 0.0844. The first-order valence-corrected chi connectivity index (χ1v) is 5.25. The SMILES string of the molecule is CCC(OC)C(=O)c1cccc(C)c1C. The summed E-state index contributed by atoms with van der Waals surface area (Å²) in [6.07, 6.45) is 0.397. The molecule has 2 heteroatoms. The molecule has 1 aromatic carbocycles. The molecule has 1 unspecified atom stereocenters. The third-order valence-electron chi connectivity index (χ3n) is 2.82. The summed E-state index contributed by atoms with van der Waals surface area (Å²) in [5.41, 5.74) is 2.98. The highest BCUT2D eigenvalue weighted by Gasteiger charge is 2.19.